The lowest BCUT2D eigenvalue weighted by Gasteiger charge is -2.13. The van der Waals surface area contributed by atoms with Gasteiger partial charge in [0.1, 0.15) is 12.1 Å². The highest BCUT2D eigenvalue weighted by Crippen LogP contribution is 2.33. The van der Waals surface area contributed by atoms with Crippen LogP contribution in [0.5, 0.6) is 5.75 Å². The Morgan fingerprint density at radius 3 is 3.05 bits per heavy atom. The van der Waals surface area contributed by atoms with Gasteiger partial charge in [-0.15, -0.1) is 10.2 Å². The van der Waals surface area contributed by atoms with E-state index in [2.05, 4.69) is 15.5 Å². The highest BCUT2D eigenvalue weighted by Gasteiger charge is 2.12. The standard InChI is InChI=1S/C13H14ClN3O3S2/c1-19-5-6-20-12-9(14)3-2-4-10(12)16-11(18)7-21-13-17-15-8-22-13/h2-4,8H,5-7H2,1H3,(H,16,18). The van der Waals surface area contributed by atoms with Crippen LogP contribution < -0.4 is 10.1 Å². The molecular formula is C13H14ClN3O3S2. The summed E-state index contributed by atoms with van der Waals surface area (Å²) in [5.74, 6) is 0.508. The van der Waals surface area contributed by atoms with Crippen molar-refractivity contribution in [2.75, 3.05) is 31.4 Å². The zero-order valence-electron chi connectivity index (χ0n) is 11.7. The molecule has 6 nitrogen and oxygen atoms in total. The van der Waals surface area contributed by atoms with E-state index in [1.54, 1.807) is 30.8 Å². The number of hydrogen-bond donors (Lipinski definition) is 1. The van der Waals surface area contributed by atoms with E-state index in [4.69, 9.17) is 21.1 Å². The number of hydrogen-bond acceptors (Lipinski definition) is 7. The maximum atomic E-state index is 12.0. The Hall–Kier alpha value is -1.35. The van der Waals surface area contributed by atoms with Crippen LogP contribution in [-0.2, 0) is 9.53 Å². The number of nitrogens with one attached hydrogen (secondary N) is 1. The van der Waals surface area contributed by atoms with Gasteiger partial charge < -0.3 is 14.8 Å². The molecule has 0 unspecified atom stereocenters. The van der Waals surface area contributed by atoms with Crippen LogP contribution in [0.1, 0.15) is 0 Å². The molecule has 1 aromatic carbocycles. The number of benzene rings is 1. The molecule has 22 heavy (non-hydrogen) atoms. The molecule has 0 bridgehead atoms. The summed E-state index contributed by atoms with van der Waals surface area (Å²) in [6, 6.07) is 5.19. The van der Waals surface area contributed by atoms with Gasteiger partial charge in [0, 0.05) is 7.11 Å². The number of thioether (sulfide) groups is 1. The number of aromatic nitrogens is 2. The molecule has 0 saturated heterocycles. The molecule has 0 aliphatic heterocycles. The average molecular weight is 360 g/mol. The second-order valence-electron chi connectivity index (χ2n) is 4.00. The number of para-hydroxylation sites is 1. The lowest BCUT2D eigenvalue weighted by Crippen LogP contribution is -2.15. The molecule has 0 atom stereocenters. The lowest BCUT2D eigenvalue weighted by molar-refractivity contribution is -0.113. The molecule has 0 radical (unpaired) electrons. The van der Waals surface area contributed by atoms with Crippen molar-refractivity contribution in [2.45, 2.75) is 4.34 Å². The van der Waals surface area contributed by atoms with Crippen LogP contribution in [0.2, 0.25) is 5.02 Å². The number of nitrogens with zero attached hydrogens (tertiary/aromatic N) is 2. The van der Waals surface area contributed by atoms with Crippen LogP contribution in [0, 0.1) is 0 Å². The molecule has 118 valence electrons. The van der Waals surface area contributed by atoms with Gasteiger partial charge in [0.25, 0.3) is 0 Å². The molecule has 1 N–H and O–H groups in total. The van der Waals surface area contributed by atoms with E-state index in [0.29, 0.717) is 29.7 Å². The highest BCUT2D eigenvalue weighted by atomic mass is 35.5. The van der Waals surface area contributed by atoms with Crippen molar-refractivity contribution in [2.24, 2.45) is 0 Å². The van der Waals surface area contributed by atoms with E-state index >= 15 is 0 Å². The molecule has 9 heteroatoms. The van der Waals surface area contributed by atoms with Crippen LogP contribution in [0.4, 0.5) is 5.69 Å². The van der Waals surface area contributed by atoms with Gasteiger partial charge in [-0.2, -0.15) is 0 Å². The molecule has 2 aromatic rings. The second kappa shape index (κ2) is 8.94. The predicted molar refractivity (Wildman–Crippen MR) is 88.1 cm³/mol. The zero-order chi connectivity index (χ0) is 15.8. The maximum absolute atomic E-state index is 12.0. The molecule has 1 heterocycles. The SMILES string of the molecule is COCCOc1c(Cl)cccc1NC(=O)CSc1nncs1. The van der Waals surface area contributed by atoms with Crippen LogP contribution in [0.25, 0.3) is 0 Å². The molecule has 1 amide bonds. The summed E-state index contributed by atoms with van der Waals surface area (Å²) in [6.45, 7) is 0.786. The minimum Gasteiger partial charge on any atom is -0.487 e. The third kappa shape index (κ3) is 5.13. The molecule has 0 aliphatic carbocycles. The molecule has 0 spiro atoms. The number of halogens is 1. The fraction of sp³-hybridized carbons (Fsp3) is 0.308. The molecule has 0 aliphatic rings. The number of ether oxygens (including phenoxy) is 2. The van der Waals surface area contributed by atoms with Gasteiger partial charge in [-0.3, -0.25) is 4.79 Å². The topological polar surface area (TPSA) is 73.3 Å². The fourth-order valence-electron chi connectivity index (χ4n) is 1.52. The lowest BCUT2D eigenvalue weighted by atomic mass is 10.3. The first-order chi connectivity index (χ1) is 10.7. The van der Waals surface area contributed by atoms with E-state index in [1.807, 2.05) is 0 Å². The summed E-state index contributed by atoms with van der Waals surface area (Å²) < 4.78 is 11.2. The first-order valence-corrected chi connectivity index (χ1v) is 8.54. The number of methoxy groups -OCH3 is 1. The Kier molecular flexibility index (Phi) is 6.91. The molecule has 2 rings (SSSR count). The summed E-state index contributed by atoms with van der Waals surface area (Å²) in [7, 11) is 1.59. The van der Waals surface area contributed by atoms with Crippen molar-refractivity contribution in [1.82, 2.24) is 10.2 Å². The minimum atomic E-state index is -0.168. The van der Waals surface area contributed by atoms with E-state index in [9.17, 15) is 4.79 Å². The van der Waals surface area contributed by atoms with Crippen LogP contribution >= 0.6 is 34.7 Å². The fourth-order valence-corrected chi connectivity index (χ4v) is 3.04. The van der Waals surface area contributed by atoms with Gasteiger partial charge in [0.15, 0.2) is 10.1 Å². The first kappa shape index (κ1) is 17.0. The molecule has 0 saturated carbocycles. The Bertz CT molecular complexity index is 611. The second-order valence-corrected chi connectivity index (χ2v) is 6.46. The highest BCUT2D eigenvalue weighted by molar-refractivity contribution is 8.01. The van der Waals surface area contributed by atoms with E-state index in [0.717, 1.165) is 4.34 Å². The van der Waals surface area contributed by atoms with Crippen molar-refractivity contribution < 1.29 is 14.3 Å². The Morgan fingerprint density at radius 2 is 2.32 bits per heavy atom. The summed E-state index contributed by atoms with van der Waals surface area (Å²) in [6.07, 6.45) is 0. The van der Waals surface area contributed by atoms with Crippen molar-refractivity contribution in [3.8, 4) is 5.75 Å². The summed E-state index contributed by atoms with van der Waals surface area (Å²) >= 11 is 8.83. The molecular weight excluding hydrogens is 346 g/mol. The zero-order valence-corrected chi connectivity index (χ0v) is 14.1. The van der Waals surface area contributed by atoms with Crippen molar-refractivity contribution >= 4 is 46.3 Å². The van der Waals surface area contributed by atoms with Gasteiger partial charge in [-0.05, 0) is 12.1 Å². The number of carbonyl (C=O) groups excluding carboxylic acids is 1. The van der Waals surface area contributed by atoms with Crippen molar-refractivity contribution in [3.05, 3.63) is 28.7 Å². The van der Waals surface area contributed by atoms with Crippen LogP contribution in [0.3, 0.4) is 0 Å². The predicted octanol–water partition coefficient (Wildman–Crippen LogP) is 2.95. The maximum Gasteiger partial charge on any atom is 0.234 e. The van der Waals surface area contributed by atoms with E-state index in [-0.39, 0.29) is 11.7 Å². The van der Waals surface area contributed by atoms with Gasteiger partial charge in [0.2, 0.25) is 5.91 Å². The normalized spacial score (nSPS) is 10.5. The van der Waals surface area contributed by atoms with Gasteiger partial charge in [0.05, 0.1) is 23.1 Å². The third-order valence-electron chi connectivity index (χ3n) is 2.44. The largest absolute Gasteiger partial charge is 0.487 e. The summed E-state index contributed by atoms with van der Waals surface area (Å²) in [5.41, 5.74) is 2.16. The van der Waals surface area contributed by atoms with Gasteiger partial charge in [-0.1, -0.05) is 40.8 Å². The number of carbonyl (C=O) groups is 1. The quantitative estimate of drug-likeness (QED) is 0.577. The van der Waals surface area contributed by atoms with Crippen LogP contribution in [0.15, 0.2) is 28.0 Å². The minimum absolute atomic E-state index is 0.168. The Balaban J connectivity index is 1.95. The smallest absolute Gasteiger partial charge is 0.234 e. The monoisotopic (exact) mass is 359 g/mol. The van der Waals surface area contributed by atoms with Gasteiger partial charge in [-0.25, -0.2) is 0 Å². The number of amides is 1. The first-order valence-electron chi connectivity index (χ1n) is 6.29. The average Bonchev–Trinajstić information content (AvgIpc) is 3.01. The molecule has 0 fully saturated rings. The van der Waals surface area contributed by atoms with Crippen molar-refractivity contribution in [1.29, 1.82) is 0 Å². The van der Waals surface area contributed by atoms with E-state index < -0.39 is 0 Å². The third-order valence-corrected chi connectivity index (χ3v) is 4.60. The van der Waals surface area contributed by atoms with Crippen LogP contribution in [-0.4, -0.2) is 42.2 Å². The van der Waals surface area contributed by atoms with Gasteiger partial charge >= 0.3 is 0 Å². The Labute approximate surface area is 141 Å². The number of rotatable bonds is 8. The number of anilines is 1. The molecule has 1 aromatic heterocycles. The summed E-state index contributed by atoms with van der Waals surface area (Å²) in [5, 5.41) is 10.8. The Morgan fingerprint density at radius 1 is 1.45 bits per heavy atom. The summed E-state index contributed by atoms with van der Waals surface area (Å²) in [4.78, 5) is 12.0. The van der Waals surface area contributed by atoms with Crippen molar-refractivity contribution in [3.63, 3.8) is 0 Å². The van der Waals surface area contributed by atoms with E-state index in [1.165, 1.54) is 23.1 Å².